The van der Waals surface area contributed by atoms with Crippen LogP contribution in [0, 0.1) is 23.7 Å². The number of pyridine rings is 1. The molecule has 2 aliphatic carbocycles. The molecule has 0 bridgehead atoms. The lowest BCUT2D eigenvalue weighted by Gasteiger charge is -2.50. The first kappa shape index (κ1) is 42.9. The van der Waals surface area contributed by atoms with Gasteiger partial charge in [-0.05, 0) is 66.8 Å². The first-order chi connectivity index (χ1) is 29.0. The number of hydrogen-bond donors (Lipinski definition) is 2. The highest BCUT2D eigenvalue weighted by Gasteiger charge is 2.71. The molecule has 1 aromatic heterocycles. The number of alkyl halides is 9. The Balaban J connectivity index is 1.31. The van der Waals surface area contributed by atoms with E-state index < -0.39 is 117 Å². The first-order valence-corrected chi connectivity index (χ1v) is 19.1. The summed E-state index contributed by atoms with van der Waals surface area (Å²) in [5.74, 6) is -12.0. The molecular weight excluding hydrogens is 886 g/mol. The van der Waals surface area contributed by atoms with Crippen LogP contribution in [0.1, 0.15) is 46.6 Å². The van der Waals surface area contributed by atoms with Crippen LogP contribution in [0.2, 0.25) is 10.0 Å². The van der Waals surface area contributed by atoms with Crippen molar-refractivity contribution in [2.75, 3.05) is 17.4 Å². The van der Waals surface area contributed by atoms with Crippen molar-refractivity contribution in [3.8, 4) is 11.5 Å². The summed E-state index contributed by atoms with van der Waals surface area (Å²) in [4.78, 5) is 62.9. The van der Waals surface area contributed by atoms with Crippen LogP contribution in [0.3, 0.4) is 0 Å². The molecule has 6 unspecified atom stereocenters. The van der Waals surface area contributed by atoms with E-state index in [9.17, 15) is 59.0 Å². The number of amides is 4. The van der Waals surface area contributed by atoms with Gasteiger partial charge in [-0.15, -0.1) is 0 Å². The number of phenolic OH excluding ortho intramolecular Hbond substituents is 1. The second-order valence-electron chi connectivity index (χ2n) is 15.1. The molecule has 2 N–H and O–H groups in total. The molecule has 10 nitrogen and oxygen atoms in total. The number of methoxy groups -OCH3 is 1. The lowest BCUT2D eigenvalue weighted by Crippen LogP contribution is -2.53. The van der Waals surface area contributed by atoms with Gasteiger partial charge in [0.1, 0.15) is 11.5 Å². The molecule has 4 amide bonds. The van der Waals surface area contributed by atoms with Gasteiger partial charge in [-0.3, -0.25) is 24.6 Å². The molecular formula is C41H27Cl2F9N4O6. The van der Waals surface area contributed by atoms with Crippen LogP contribution in [-0.2, 0) is 43.1 Å². The van der Waals surface area contributed by atoms with Crippen LogP contribution in [0.5, 0.6) is 11.5 Å². The van der Waals surface area contributed by atoms with Gasteiger partial charge in [0.05, 0.1) is 57.7 Å². The van der Waals surface area contributed by atoms with Crippen molar-refractivity contribution in [3.63, 3.8) is 0 Å². The molecule has 21 heteroatoms. The Hall–Kier alpha value is -5.82. The van der Waals surface area contributed by atoms with Crippen molar-refractivity contribution in [3.05, 3.63) is 122 Å². The minimum atomic E-state index is -5.32. The van der Waals surface area contributed by atoms with E-state index >= 15 is 4.79 Å². The SMILES string of the molecule is COc1cc(O)ccc1C1C2=CCC3C(=O)N(c4cc(C(F)(F)F)cc(C(F)(F)F)c4)C(=O)C3C2CC2C(=O)N(Nc3ncc(C(F)(F)F)cc3Cl)C(=O)C21c1ccc(Cl)cc1. The average molecular weight is 914 g/mol. The number of aromatic hydroxyl groups is 1. The molecule has 4 aromatic rings. The van der Waals surface area contributed by atoms with Crippen LogP contribution in [0.15, 0.2) is 84.6 Å². The molecule has 62 heavy (non-hydrogen) atoms. The van der Waals surface area contributed by atoms with Gasteiger partial charge in [-0.25, -0.2) is 9.88 Å². The van der Waals surface area contributed by atoms with Gasteiger partial charge in [0.2, 0.25) is 11.8 Å². The smallest absolute Gasteiger partial charge is 0.417 e. The Kier molecular flexibility index (Phi) is 10.1. The highest BCUT2D eigenvalue weighted by molar-refractivity contribution is 6.33. The summed E-state index contributed by atoms with van der Waals surface area (Å²) in [5, 5.41) is 10.6. The Morgan fingerprint density at radius 1 is 0.790 bits per heavy atom. The Labute approximate surface area is 353 Å². The van der Waals surface area contributed by atoms with Gasteiger partial charge < -0.3 is 9.84 Å². The third-order valence-electron chi connectivity index (χ3n) is 11.9. The largest absolute Gasteiger partial charge is 0.508 e. The number of imide groups is 2. The number of fused-ring (bicyclic) bond motifs is 4. The van der Waals surface area contributed by atoms with Crippen molar-refractivity contribution in [2.45, 2.75) is 42.7 Å². The van der Waals surface area contributed by atoms with Gasteiger partial charge in [-0.2, -0.15) is 44.5 Å². The predicted octanol–water partition coefficient (Wildman–Crippen LogP) is 9.35. The summed E-state index contributed by atoms with van der Waals surface area (Å²) >= 11 is 12.5. The third-order valence-corrected chi connectivity index (χ3v) is 12.5. The molecule has 2 aliphatic heterocycles. The standard InChI is InChI=1S/C41H27Cl2F9N4O6/c1-62-30-14-23(57)6-7-25(30)32-24-8-9-26-31(36(60)55(34(26)58)22-11-18(39(44,45)46)10-19(12-22)40(47,48)49)27(24)15-28-35(59)56(37(61)38(28,32)17-2-4-21(42)5-3-17)54-33-29(43)13-20(16-53-33)41(50,51)52/h2-8,10-14,16,26-28,31-32,57H,9,15H2,1H3,(H,53,54). The lowest BCUT2D eigenvalue weighted by atomic mass is 9.49. The normalized spacial score (nSPS) is 25.1. The molecule has 0 spiro atoms. The Morgan fingerprint density at radius 3 is 2.00 bits per heavy atom. The number of carbonyl (C=O) groups excluding carboxylic acids is 4. The second kappa shape index (κ2) is 14.6. The molecule has 6 atom stereocenters. The number of rotatable bonds is 6. The number of hydrazine groups is 1. The fourth-order valence-corrected chi connectivity index (χ4v) is 9.72. The number of ether oxygens (including phenoxy) is 1. The second-order valence-corrected chi connectivity index (χ2v) is 16.0. The summed E-state index contributed by atoms with van der Waals surface area (Å²) in [6.45, 7) is 0. The van der Waals surface area contributed by atoms with E-state index in [1.165, 1.54) is 55.7 Å². The highest BCUT2D eigenvalue weighted by atomic mass is 35.5. The number of allylic oxidation sites excluding steroid dienone is 2. The number of benzene rings is 3. The van der Waals surface area contributed by atoms with E-state index in [1.54, 1.807) is 0 Å². The maximum Gasteiger partial charge on any atom is 0.417 e. The molecule has 4 aliphatic rings. The summed E-state index contributed by atoms with van der Waals surface area (Å²) in [7, 11) is 1.24. The van der Waals surface area contributed by atoms with Crippen LogP contribution in [-0.4, -0.2) is 45.8 Å². The molecule has 0 radical (unpaired) electrons. The van der Waals surface area contributed by atoms with Gasteiger partial charge in [0, 0.05) is 28.8 Å². The van der Waals surface area contributed by atoms with Gasteiger partial charge in [-0.1, -0.05) is 53.1 Å². The zero-order valence-corrected chi connectivity index (χ0v) is 32.8. The minimum Gasteiger partial charge on any atom is -0.508 e. The summed E-state index contributed by atoms with van der Waals surface area (Å²) in [6.07, 6.45) is -14.3. The first-order valence-electron chi connectivity index (χ1n) is 18.4. The van der Waals surface area contributed by atoms with E-state index in [-0.39, 0.29) is 62.7 Å². The van der Waals surface area contributed by atoms with E-state index in [0.29, 0.717) is 17.3 Å². The lowest BCUT2D eigenvalue weighted by molar-refractivity contribution is -0.143. The molecule has 2 saturated heterocycles. The fraction of sp³-hybridized carbons (Fsp3) is 0.293. The number of anilines is 2. The zero-order valence-electron chi connectivity index (χ0n) is 31.3. The molecule has 3 aromatic carbocycles. The fourth-order valence-electron chi connectivity index (χ4n) is 9.39. The number of aromatic nitrogens is 1. The predicted molar refractivity (Wildman–Crippen MR) is 200 cm³/mol. The van der Waals surface area contributed by atoms with E-state index in [1.807, 2.05) is 0 Å². The zero-order chi connectivity index (χ0) is 45.0. The number of hydrogen-bond acceptors (Lipinski definition) is 8. The maximum atomic E-state index is 15.4. The number of nitrogens with one attached hydrogen (secondary N) is 1. The van der Waals surface area contributed by atoms with Crippen LogP contribution in [0.4, 0.5) is 51.0 Å². The van der Waals surface area contributed by atoms with E-state index in [0.717, 1.165) is 0 Å². The summed E-state index contributed by atoms with van der Waals surface area (Å²) < 4.78 is 130. The van der Waals surface area contributed by atoms with E-state index in [2.05, 4.69) is 10.4 Å². The van der Waals surface area contributed by atoms with Crippen molar-refractivity contribution < 1.29 is 68.5 Å². The van der Waals surface area contributed by atoms with Gasteiger partial charge in [0.25, 0.3) is 11.8 Å². The number of halogens is 11. The van der Waals surface area contributed by atoms with Crippen LogP contribution >= 0.6 is 23.2 Å². The van der Waals surface area contributed by atoms with Crippen molar-refractivity contribution >= 4 is 58.3 Å². The van der Waals surface area contributed by atoms with Crippen molar-refractivity contribution in [1.82, 2.24) is 9.99 Å². The van der Waals surface area contributed by atoms with Crippen LogP contribution in [0.25, 0.3) is 0 Å². The topological polar surface area (TPSA) is 129 Å². The molecule has 1 saturated carbocycles. The number of carbonyl (C=O) groups is 4. The molecule has 3 fully saturated rings. The number of phenols is 1. The van der Waals surface area contributed by atoms with Crippen molar-refractivity contribution in [1.29, 1.82) is 0 Å². The number of nitrogens with zero attached hydrogens (tertiary/aromatic N) is 3. The third kappa shape index (κ3) is 6.70. The van der Waals surface area contributed by atoms with E-state index in [4.69, 9.17) is 27.9 Å². The van der Waals surface area contributed by atoms with Crippen molar-refractivity contribution in [2.24, 2.45) is 23.7 Å². The van der Waals surface area contributed by atoms with Gasteiger partial charge in [0.15, 0.2) is 5.82 Å². The highest BCUT2D eigenvalue weighted by Crippen LogP contribution is 2.65. The minimum absolute atomic E-state index is 0.0241. The average Bonchev–Trinajstić information content (AvgIpc) is 3.58. The van der Waals surface area contributed by atoms with Crippen LogP contribution < -0.4 is 15.1 Å². The maximum absolute atomic E-state index is 15.4. The Bertz CT molecular complexity index is 2570. The summed E-state index contributed by atoms with van der Waals surface area (Å²) in [6, 6.07) is 10.5. The Morgan fingerprint density at radius 2 is 1.42 bits per heavy atom. The monoisotopic (exact) mass is 912 g/mol. The molecule has 8 rings (SSSR count). The summed E-state index contributed by atoms with van der Waals surface area (Å²) in [5.41, 5.74) is -4.76. The van der Waals surface area contributed by atoms with Gasteiger partial charge >= 0.3 is 18.5 Å². The molecule has 324 valence electrons. The molecule has 3 heterocycles. The quantitative estimate of drug-likeness (QED) is 0.111.